The molecule has 0 bridgehead atoms. The number of amides is 1. The first-order chi connectivity index (χ1) is 8.68. The molecule has 18 heavy (non-hydrogen) atoms. The Bertz CT molecular complexity index is 408. The van der Waals surface area contributed by atoms with E-state index in [1.807, 2.05) is 11.6 Å². The van der Waals surface area contributed by atoms with E-state index in [9.17, 15) is 4.79 Å². The number of nitrogens with one attached hydrogen (secondary N) is 2. The Morgan fingerprint density at radius 1 is 1.67 bits per heavy atom. The van der Waals surface area contributed by atoms with Crippen molar-refractivity contribution in [2.24, 2.45) is 12.5 Å². The minimum absolute atomic E-state index is 0.136. The highest BCUT2D eigenvalue weighted by Gasteiger charge is 2.40. The van der Waals surface area contributed by atoms with Gasteiger partial charge < -0.3 is 15.2 Å². The molecule has 1 atom stereocenters. The van der Waals surface area contributed by atoms with Crippen molar-refractivity contribution in [3.63, 3.8) is 0 Å². The summed E-state index contributed by atoms with van der Waals surface area (Å²) in [6, 6.07) is 0. The minimum Gasteiger partial charge on any atom is -0.348 e. The van der Waals surface area contributed by atoms with Crippen molar-refractivity contribution in [2.45, 2.75) is 32.7 Å². The predicted octanol–water partition coefficient (Wildman–Crippen LogP) is 0.211. The second-order valence-electron chi connectivity index (χ2n) is 5.00. The van der Waals surface area contributed by atoms with E-state index < -0.39 is 0 Å². The van der Waals surface area contributed by atoms with E-state index in [4.69, 9.17) is 0 Å². The van der Waals surface area contributed by atoms with Crippen LogP contribution in [-0.2, 0) is 18.4 Å². The lowest BCUT2D eigenvalue weighted by Gasteiger charge is -2.26. The lowest BCUT2D eigenvalue weighted by Crippen LogP contribution is -2.42. The predicted molar refractivity (Wildman–Crippen MR) is 67.7 cm³/mol. The molecule has 1 amide bonds. The molecule has 100 valence electrons. The number of hydrogen-bond acceptors (Lipinski definition) is 4. The maximum atomic E-state index is 12.4. The molecule has 2 rings (SSSR count). The van der Waals surface area contributed by atoms with Gasteiger partial charge in [0.05, 0.1) is 12.0 Å². The van der Waals surface area contributed by atoms with Crippen molar-refractivity contribution in [1.29, 1.82) is 0 Å². The first-order valence-electron chi connectivity index (χ1n) is 6.50. The molecule has 6 nitrogen and oxygen atoms in total. The lowest BCUT2D eigenvalue weighted by atomic mass is 9.81. The van der Waals surface area contributed by atoms with Crippen molar-refractivity contribution in [1.82, 2.24) is 25.4 Å². The van der Waals surface area contributed by atoms with Gasteiger partial charge in [-0.2, -0.15) is 0 Å². The van der Waals surface area contributed by atoms with Gasteiger partial charge in [0.15, 0.2) is 5.82 Å². The van der Waals surface area contributed by atoms with Crippen molar-refractivity contribution in [3.8, 4) is 0 Å². The topological polar surface area (TPSA) is 71.8 Å². The van der Waals surface area contributed by atoms with Gasteiger partial charge in [0, 0.05) is 13.6 Å². The van der Waals surface area contributed by atoms with Gasteiger partial charge in [-0.05, 0) is 19.4 Å². The molecule has 1 fully saturated rings. The van der Waals surface area contributed by atoms with E-state index in [1.54, 1.807) is 6.33 Å². The highest BCUT2D eigenvalue weighted by molar-refractivity contribution is 5.83. The maximum absolute atomic E-state index is 12.4. The van der Waals surface area contributed by atoms with Crippen LogP contribution in [-0.4, -0.2) is 33.8 Å². The van der Waals surface area contributed by atoms with Gasteiger partial charge in [0.25, 0.3) is 0 Å². The van der Waals surface area contributed by atoms with E-state index in [0.29, 0.717) is 6.54 Å². The minimum atomic E-state index is -0.229. The molecule has 1 unspecified atom stereocenters. The third-order valence-electron chi connectivity index (χ3n) is 3.67. The molecule has 2 N–H and O–H groups in total. The first-order valence-corrected chi connectivity index (χ1v) is 6.50. The van der Waals surface area contributed by atoms with E-state index in [1.165, 1.54) is 0 Å². The second kappa shape index (κ2) is 5.48. The van der Waals surface area contributed by atoms with E-state index >= 15 is 0 Å². The van der Waals surface area contributed by atoms with Crippen LogP contribution in [0.2, 0.25) is 0 Å². The van der Waals surface area contributed by atoms with Crippen molar-refractivity contribution < 1.29 is 4.79 Å². The van der Waals surface area contributed by atoms with Crippen LogP contribution in [0.3, 0.4) is 0 Å². The number of rotatable bonds is 5. The van der Waals surface area contributed by atoms with Crippen LogP contribution >= 0.6 is 0 Å². The number of carbonyl (C=O) groups is 1. The Morgan fingerprint density at radius 3 is 3.06 bits per heavy atom. The fourth-order valence-electron chi connectivity index (χ4n) is 2.56. The number of aromatic nitrogens is 3. The largest absolute Gasteiger partial charge is 0.348 e. The van der Waals surface area contributed by atoms with Crippen molar-refractivity contribution in [3.05, 3.63) is 12.2 Å². The molecule has 0 aromatic carbocycles. The Labute approximate surface area is 107 Å². The summed E-state index contributed by atoms with van der Waals surface area (Å²) >= 11 is 0. The Morgan fingerprint density at radius 2 is 2.50 bits per heavy atom. The first kappa shape index (κ1) is 13.0. The summed E-state index contributed by atoms with van der Waals surface area (Å²) in [5.74, 6) is 0.915. The smallest absolute Gasteiger partial charge is 0.227 e. The molecule has 1 saturated heterocycles. The third-order valence-corrected chi connectivity index (χ3v) is 3.67. The molecule has 6 heteroatoms. The van der Waals surface area contributed by atoms with Gasteiger partial charge in [-0.1, -0.05) is 13.3 Å². The Kier molecular flexibility index (Phi) is 3.96. The molecule has 0 aliphatic carbocycles. The second-order valence-corrected chi connectivity index (χ2v) is 5.00. The van der Waals surface area contributed by atoms with E-state index in [0.717, 1.165) is 38.2 Å². The fraction of sp³-hybridized carbons (Fsp3) is 0.750. The fourth-order valence-corrected chi connectivity index (χ4v) is 2.56. The SMILES string of the molecule is CCCC1(C(=O)NCc2nncn2C)CCNC1. The summed E-state index contributed by atoms with van der Waals surface area (Å²) < 4.78 is 1.82. The Balaban J connectivity index is 1.96. The zero-order valence-corrected chi connectivity index (χ0v) is 11.1. The number of hydrogen-bond donors (Lipinski definition) is 2. The molecule has 1 aliphatic rings. The van der Waals surface area contributed by atoms with E-state index in [-0.39, 0.29) is 11.3 Å². The average Bonchev–Trinajstić information content (AvgIpc) is 2.97. The summed E-state index contributed by atoms with van der Waals surface area (Å²) in [7, 11) is 1.88. The van der Waals surface area contributed by atoms with Crippen LogP contribution in [0, 0.1) is 5.41 Å². The summed E-state index contributed by atoms with van der Waals surface area (Å²) in [5.41, 5.74) is -0.229. The standard InChI is InChI=1S/C12H21N5O/c1-3-4-12(5-6-13-8-12)11(18)14-7-10-16-15-9-17(10)2/h9,13H,3-8H2,1-2H3,(H,14,18). The summed E-state index contributed by atoms with van der Waals surface area (Å²) in [6.07, 6.45) is 4.52. The molecule has 0 radical (unpaired) electrons. The number of nitrogens with zero attached hydrogens (tertiary/aromatic N) is 3. The third kappa shape index (κ3) is 2.53. The molecule has 0 saturated carbocycles. The van der Waals surface area contributed by atoms with E-state index in [2.05, 4.69) is 27.8 Å². The average molecular weight is 251 g/mol. The van der Waals surface area contributed by atoms with Crippen LogP contribution in [0.25, 0.3) is 0 Å². The molecular formula is C12H21N5O. The number of carbonyl (C=O) groups excluding carboxylic acids is 1. The molecular weight excluding hydrogens is 230 g/mol. The molecule has 1 aromatic rings. The van der Waals surface area contributed by atoms with Crippen LogP contribution in [0.5, 0.6) is 0 Å². The van der Waals surface area contributed by atoms with Crippen LogP contribution in [0.4, 0.5) is 0 Å². The van der Waals surface area contributed by atoms with Gasteiger partial charge in [-0.15, -0.1) is 10.2 Å². The summed E-state index contributed by atoms with van der Waals surface area (Å²) in [4.78, 5) is 12.4. The molecule has 1 aromatic heterocycles. The summed E-state index contributed by atoms with van der Waals surface area (Å²) in [6.45, 7) is 4.28. The normalized spacial score (nSPS) is 23.2. The van der Waals surface area contributed by atoms with Gasteiger partial charge in [-0.3, -0.25) is 4.79 Å². The maximum Gasteiger partial charge on any atom is 0.227 e. The summed E-state index contributed by atoms with van der Waals surface area (Å²) in [5, 5.41) is 14.0. The number of aryl methyl sites for hydroxylation is 1. The zero-order chi connectivity index (χ0) is 13.0. The molecule has 0 spiro atoms. The molecule has 2 heterocycles. The quantitative estimate of drug-likeness (QED) is 0.785. The zero-order valence-electron chi connectivity index (χ0n) is 11.1. The monoisotopic (exact) mass is 251 g/mol. The van der Waals surface area contributed by atoms with Crippen LogP contribution in [0.15, 0.2) is 6.33 Å². The lowest BCUT2D eigenvalue weighted by molar-refractivity contribution is -0.130. The van der Waals surface area contributed by atoms with Gasteiger partial charge >= 0.3 is 0 Å². The van der Waals surface area contributed by atoms with Crippen LogP contribution < -0.4 is 10.6 Å². The van der Waals surface area contributed by atoms with Gasteiger partial charge in [0.2, 0.25) is 5.91 Å². The highest BCUT2D eigenvalue weighted by atomic mass is 16.2. The van der Waals surface area contributed by atoms with Crippen LogP contribution in [0.1, 0.15) is 32.0 Å². The van der Waals surface area contributed by atoms with Crippen molar-refractivity contribution in [2.75, 3.05) is 13.1 Å². The highest BCUT2D eigenvalue weighted by Crippen LogP contribution is 2.31. The molecule has 1 aliphatic heterocycles. The van der Waals surface area contributed by atoms with Gasteiger partial charge in [0.1, 0.15) is 6.33 Å². The van der Waals surface area contributed by atoms with Gasteiger partial charge in [-0.25, -0.2) is 0 Å². The Hall–Kier alpha value is -1.43. The van der Waals surface area contributed by atoms with Crippen molar-refractivity contribution >= 4 is 5.91 Å².